The van der Waals surface area contributed by atoms with Crippen molar-refractivity contribution in [3.63, 3.8) is 0 Å². The maximum absolute atomic E-state index is 12.6. The lowest BCUT2D eigenvalue weighted by Gasteiger charge is -2.13. The fourth-order valence-electron chi connectivity index (χ4n) is 3.10. The standard InChI is InChI=1S/C23H21ClN2O6S/c1-13-8-20(26-22(28)16-4-2-3-5-17(16)24)33-21(13)23(29)25-10-14(27)11-30-15-6-7-18-19(9-15)32-12-31-18/h2-9,14,27H,10-12H2,1H3,(H,25,29)(H,26,28). The van der Waals surface area contributed by atoms with Crippen molar-refractivity contribution in [2.75, 3.05) is 25.3 Å². The van der Waals surface area contributed by atoms with Gasteiger partial charge in [-0.1, -0.05) is 23.7 Å². The zero-order chi connectivity index (χ0) is 23.4. The Hall–Kier alpha value is -3.27. The van der Waals surface area contributed by atoms with E-state index in [1.165, 1.54) is 0 Å². The number of thiophene rings is 1. The maximum Gasteiger partial charge on any atom is 0.261 e. The summed E-state index contributed by atoms with van der Waals surface area (Å²) in [5.74, 6) is 1.05. The zero-order valence-electron chi connectivity index (χ0n) is 17.6. The molecule has 3 N–H and O–H groups in total. The summed E-state index contributed by atoms with van der Waals surface area (Å²) in [6.07, 6.45) is -0.918. The number of carbonyl (C=O) groups excluding carboxylic acids is 2. The molecule has 2 amide bonds. The topological polar surface area (TPSA) is 106 Å². The monoisotopic (exact) mass is 488 g/mol. The lowest BCUT2D eigenvalue weighted by Crippen LogP contribution is -2.35. The molecule has 0 radical (unpaired) electrons. The number of hydrogen-bond acceptors (Lipinski definition) is 7. The SMILES string of the molecule is Cc1cc(NC(=O)c2ccccc2Cl)sc1C(=O)NCC(O)COc1ccc2c(c1)OCO2. The third-order valence-electron chi connectivity index (χ3n) is 4.76. The van der Waals surface area contributed by atoms with Crippen LogP contribution in [0, 0.1) is 6.92 Å². The first-order valence-corrected chi connectivity index (χ1v) is 11.2. The third-order valence-corrected chi connectivity index (χ3v) is 6.24. The van der Waals surface area contributed by atoms with Crippen molar-refractivity contribution >= 4 is 39.8 Å². The van der Waals surface area contributed by atoms with Gasteiger partial charge in [-0.3, -0.25) is 9.59 Å². The lowest BCUT2D eigenvalue weighted by molar-refractivity contribution is 0.0846. The Morgan fingerprint density at radius 3 is 2.76 bits per heavy atom. The molecule has 0 bridgehead atoms. The number of anilines is 1. The molecule has 1 aromatic heterocycles. The van der Waals surface area contributed by atoms with Crippen molar-refractivity contribution in [1.29, 1.82) is 0 Å². The van der Waals surface area contributed by atoms with Crippen LogP contribution in [0.1, 0.15) is 25.6 Å². The average Bonchev–Trinajstić information content (AvgIpc) is 3.42. The van der Waals surface area contributed by atoms with E-state index in [0.29, 0.717) is 43.3 Å². The quantitative estimate of drug-likeness (QED) is 0.444. The Morgan fingerprint density at radius 2 is 1.94 bits per heavy atom. The first-order valence-electron chi connectivity index (χ1n) is 10.1. The molecule has 8 nitrogen and oxygen atoms in total. The van der Waals surface area contributed by atoms with Crippen LogP contribution >= 0.6 is 22.9 Å². The molecular formula is C23H21ClN2O6S. The fraction of sp³-hybridized carbons (Fsp3) is 0.217. The lowest BCUT2D eigenvalue weighted by atomic mass is 10.2. The molecule has 1 aliphatic rings. The van der Waals surface area contributed by atoms with Crippen LogP contribution in [-0.2, 0) is 0 Å². The van der Waals surface area contributed by atoms with Crippen molar-refractivity contribution in [1.82, 2.24) is 5.32 Å². The molecule has 10 heteroatoms. The Kier molecular flexibility index (Phi) is 7.02. The van der Waals surface area contributed by atoms with Gasteiger partial charge in [-0.15, -0.1) is 11.3 Å². The van der Waals surface area contributed by atoms with Gasteiger partial charge in [0, 0.05) is 12.6 Å². The summed E-state index contributed by atoms with van der Waals surface area (Å²) >= 11 is 7.21. The van der Waals surface area contributed by atoms with Crippen molar-refractivity contribution in [2.24, 2.45) is 0 Å². The van der Waals surface area contributed by atoms with Crippen LogP contribution in [0.5, 0.6) is 17.2 Å². The molecule has 2 heterocycles. The summed E-state index contributed by atoms with van der Waals surface area (Å²) in [4.78, 5) is 25.5. The van der Waals surface area contributed by atoms with E-state index in [2.05, 4.69) is 10.6 Å². The Bertz CT molecular complexity index is 1180. The van der Waals surface area contributed by atoms with Crippen LogP contribution < -0.4 is 24.8 Å². The smallest absolute Gasteiger partial charge is 0.261 e. The van der Waals surface area contributed by atoms with Gasteiger partial charge in [0.05, 0.1) is 20.5 Å². The van der Waals surface area contributed by atoms with Crippen LogP contribution in [0.15, 0.2) is 48.5 Å². The van der Waals surface area contributed by atoms with Crippen molar-refractivity contribution in [3.8, 4) is 17.2 Å². The minimum atomic E-state index is -0.918. The molecule has 0 fully saturated rings. The molecule has 0 saturated heterocycles. The third kappa shape index (κ3) is 5.57. The van der Waals surface area contributed by atoms with Crippen LogP contribution in [-0.4, -0.2) is 43.0 Å². The average molecular weight is 489 g/mol. The van der Waals surface area contributed by atoms with Crippen LogP contribution in [0.25, 0.3) is 0 Å². The van der Waals surface area contributed by atoms with E-state index < -0.39 is 6.10 Å². The molecule has 0 aliphatic carbocycles. The predicted octanol–water partition coefficient (Wildman–Crippen LogP) is 3.86. The number of benzene rings is 2. The van der Waals surface area contributed by atoms with Gasteiger partial charge in [0.1, 0.15) is 18.5 Å². The summed E-state index contributed by atoms with van der Waals surface area (Å²) in [6.45, 7) is 1.93. The second-order valence-corrected chi connectivity index (χ2v) is 8.71. The van der Waals surface area contributed by atoms with E-state index >= 15 is 0 Å². The second-order valence-electron chi connectivity index (χ2n) is 7.25. The van der Waals surface area contributed by atoms with E-state index in [0.717, 1.165) is 11.3 Å². The number of carbonyl (C=O) groups is 2. The number of aliphatic hydroxyl groups is 1. The van der Waals surface area contributed by atoms with Crippen molar-refractivity contribution in [3.05, 3.63) is 69.6 Å². The minimum Gasteiger partial charge on any atom is -0.491 e. The maximum atomic E-state index is 12.6. The predicted molar refractivity (Wildman–Crippen MR) is 125 cm³/mol. The summed E-state index contributed by atoms with van der Waals surface area (Å²) in [7, 11) is 0. The molecule has 4 rings (SSSR count). The first-order chi connectivity index (χ1) is 15.9. The molecule has 172 valence electrons. The van der Waals surface area contributed by atoms with Crippen LogP contribution in [0.4, 0.5) is 5.00 Å². The highest BCUT2D eigenvalue weighted by molar-refractivity contribution is 7.18. The zero-order valence-corrected chi connectivity index (χ0v) is 19.2. The number of aryl methyl sites for hydroxylation is 1. The minimum absolute atomic E-state index is 0.00202. The van der Waals surface area contributed by atoms with E-state index in [4.69, 9.17) is 25.8 Å². The number of ether oxygens (including phenoxy) is 3. The Morgan fingerprint density at radius 1 is 1.15 bits per heavy atom. The summed E-state index contributed by atoms with van der Waals surface area (Å²) in [5.41, 5.74) is 1.06. The van der Waals surface area contributed by atoms with E-state index in [9.17, 15) is 14.7 Å². The number of fused-ring (bicyclic) bond motifs is 1. The van der Waals surface area contributed by atoms with Crippen LogP contribution in [0.3, 0.4) is 0 Å². The van der Waals surface area contributed by atoms with Gasteiger partial charge in [-0.2, -0.15) is 0 Å². The molecule has 0 saturated carbocycles. The van der Waals surface area contributed by atoms with E-state index in [-0.39, 0.29) is 31.8 Å². The van der Waals surface area contributed by atoms with E-state index in [1.54, 1.807) is 55.5 Å². The molecule has 1 unspecified atom stereocenters. The second kappa shape index (κ2) is 10.1. The summed E-state index contributed by atoms with van der Waals surface area (Å²) in [5, 5.41) is 16.5. The fourth-order valence-corrected chi connectivity index (χ4v) is 4.31. The summed E-state index contributed by atoms with van der Waals surface area (Å²) in [6, 6.07) is 13.6. The van der Waals surface area contributed by atoms with Gasteiger partial charge < -0.3 is 30.0 Å². The first kappa shape index (κ1) is 22.9. The van der Waals surface area contributed by atoms with E-state index in [1.807, 2.05) is 0 Å². The van der Waals surface area contributed by atoms with Gasteiger partial charge in [0.15, 0.2) is 11.5 Å². The summed E-state index contributed by atoms with van der Waals surface area (Å²) < 4.78 is 16.1. The normalized spacial score (nSPS) is 12.8. The number of aliphatic hydroxyl groups excluding tert-OH is 1. The highest BCUT2D eigenvalue weighted by Gasteiger charge is 2.18. The van der Waals surface area contributed by atoms with Crippen LogP contribution in [0.2, 0.25) is 5.02 Å². The number of nitrogens with one attached hydrogen (secondary N) is 2. The number of amides is 2. The van der Waals surface area contributed by atoms with Crippen molar-refractivity contribution in [2.45, 2.75) is 13.0 Å². The Labute approximate surface area is 199 Å². The van der Waals surface area contributed by atoms with Gasteiger partial charge in [0.25, 0.3) is 11.8 Å². The number of rotatable bonds is 8. The number of halogens is 1. The molecule has 1 atom stereocenters. The van der Waals surface area contributed by atoms with Gasteiger partial charge in [-0.05, 0) is 42.8 Å². The molecule has 3 aromatic rings. The highest BCUT2D eigenvalue weighted by Crippen LogP contribution is 2.35. The highest BCUT2D eigenvalue weighted by atomic mass is 35.5. The van der Waals surface area contributed by atoms with Gasteiger partial charge in [-0.25, -0.2) is 0 Å². The molecule has 33 heavy (non-hydrogen) atoms. The largest absolute Gasteiger partial charge is 0.491 e. The number of hydrogen-bond donors (Lipinski definition) is 3. The molecule has 0 spiro atoms. The molecule has 1 aliphatic heterocycles. The van der Waals surface area contributed by atoms with Gasteiger partial charge in [0.2, 0.25) is 6.79 Å². The van der Waals surface area contributed by atoms with Gasteiger partial charge >= 0.3 is 0 Å². The molecule has 2 aromatic carbocycles. The Balaban J connectivity index is 1.28. The molecular weight excluding hydrogens is 468 g/mol. The van der Waals surface area contributed by atoms with Crippen molar-refractivity contribution < 1.29 is 28.9 Å².